The molecule has 0 aromatic heterocycles. The van der Waals surface area contributed by atoms with E-state index in [9.17, 15) is 4.79 Å². The number of Topliss-reactive ketones (excluding diaryl/α,β-unsaturated/α-hetero) is 1. The van der Waals surface area contributed by atoms with E-state index in [1.807, 2.05) is 0 Å². The smallest absolute Gasteiger partial charge is 0.149 e. The average molecular weight is 239 g/mol. The third-order valence-electron chi connectivity index (χ3n) is 4.11. The summed E-state index contributed by atoms with van der Waals surface area (Å²) in [6, 6.07) is 0.180. The van der Waals surface area contributed by atoms with Crippen LogP contribution >= 0.6 is 0 Å². The van der Waals surface area contributed by atoms with Crippen LogP contribution in [0.4, 0.5) is 0 Å². The standard InChI is InChI=1S/C14H25NO2/c1-15(10-12-6-5-9-17-11-12)13-7-3-2-4-8-14(13)16/h12-13H,2-11H2,1H3. The number of ketones is 1. The Morgan fingerprint density at radius 2 is 2.12 bits per heavy atom. The van der Waals surface area contributed by atoms with Gasteiger partial charge >= 0.3 is 0 Å². The Balaban J connectivity index is 1.84. The molecule has 1 aliphatic heterocycles. The summed E-state index contributed by atoms with van der Waals surface area (Å²) < 4.78 is 5.51. The molecule has 1 saturated carbocycles. The lowest BCUT2D eigenvalue weighted by atomic mass is 9.99. The molecule has 0 bridgehead atoms. The van der Waals surface area contributed by atoms with Crippen molar-refractivity contribution in [3.05, 3.63) is 0 Å². The van der Waals surface area contributed by atoms with Gasteiger partial charge in [-0.15, -0.1) is 0 Å². The molecule has 3 nitrogen and oxygen atoms in total. The van der Waals surface area contributed by atoms with E-state index in [0.29, 0.717) is 11.7 Å². The number of hydrogen-bond acceptors (Lipinski definition) is 3. The van der Waals surface area contributed by atoms with E-state index in [-0.39, 0.29) is 6.04 Å². The van der Waals surface area contributed by atoms with Crippen molar-refractivity contribution in [2.45, 2.75) is 51.0 Å². The minimum atomic E-state index is 0.180. The maximum Gasteiger partial charge on any atom is 0.149 e. The van der Waals surface area contributed by atoms with Crippen molar-refractivity contribution in [3.8, 4) is 0 Å². The second-order valence-electron chi connectivity index (χ2n) is 5.60. The molecule has 1 aliphatic carbocycles. The van der Waals surface area contributed by atoms with Gasteiger partial charge in [0.05, 0.1) is 12.6 Å². The van der Waals surface area contributed by atoms with Crippen LogP contribution < -0.4 is 0 Å². The molecule has 1 heterocycles. The Morgan fingerprint density at radius 3 is 2.88 bits per heavy atom. The van der Waals surface area contributed by atoms with Gasteiger partial charge in [0.2, 0.25) is 0 Å². The Morgan fingerprint density at radius 1 is 1.24 bits per heavy atom. The number of ether oxygens (including phenoxy) is 1. The lowest BCUT2D eigenvalue weighted by Gasteiger charge is -2.31. The van der Waals surface area contributed by atoms with E-state index in [2.05, 4.69) is 11.9 Å². The van der Waals surface area contributed by atoms with Crippen molar-refractivity contribution in [1.29, 1.82) is 0 Å². The van der Waals surface area contributed by atoms with Crippen LogP contribution in [0.3, 0.4) is 0 Å². The zero-order chi connectivity index (χ0) is 12.1. The zero-order valence-electron chi connectivity index (χ0n) is 11.0. The molecular formula is C14H25NO2. The maximum atomic E-state index is 12.0. The molecule has 0 aromatic carbocycles. The van der Waals surface area contributed by atoms with Crippen LogP contribution in [0.25, 0.3) is 0 Å². The first-order valence-corrected chi connectivity index (χ1v) is 7.08. The summed E-state index contributed by atoms with van der Waals surface area (Å²) in [5.74, 6) is 1.09. The van der Waals surface area contributed by atoms with Crippen molar-refractivity contribution in [2.24, 2.45) is 5.92 Å². The van der Waals surface area contributed by atoms with Crippen LogP contribution in [-0.2, 0) is 9.53 Å². The van der Waals surface area contributed by atoms with Crippen LogP contribution in [-0.4, -0.2) is 43.5 Å². The fourth-order valence-corrected chi connectivity index (χ4v) is 3.09. The van der Waals surface area contributed by atoms with Gasteiger partial charge in [0, 0.05) is 19.6 Å². The fraction of sp³-hybridized carbons (Fsp3) is 0.929. The Bertz CT molecular complexity index is 249. The van der Waals surface area contributed by atoms with Crippen molar-refractivity contribution in [2.75, 3.05) is 26.8 Å². The Kier molecular flexibility index (Phi) is 4.99. The van der Waals surface area contributed by atoms with Crippen LogP contribution in [0.1, 0.15) is 44.9 Å². The molecule has 2 aliphatic rings. The van der Waals surface area contributed by atoms with Crippen LogP contribution in [0, 0.1) is 5.92 Å². The molecule has 0 radical (unpaired) electrons. The van der Waals surface area contributed by atoms with E-state index in [1.54, 1.807) is 0 Å². The molecule has 3 heteroatoms. The van der Waals surface area contributed by atoms with Gasteiger partial charge in [0.1, 0.15) is 5.78 Å². The molecule has 0 spiro atoms. The summed E-state index contributed by atoms with van der Waals surface area (Å²) in [6.07, 6.45) is 7.81. The molecular weight excluding hydrogens is 214 g/mol. The molecule has 2 atom stereocenters. The molecule has 2 rings (SSSR count). The van der Waals surface area contributed by atoms with E-state index < -0.39 is 0 Å². The second-order valence-corrected chi connectivity index (χ2v) is 5.60. The number of hydrogen-bond donors (Lipinski definition) is 0. The lowest BCUT2D eigenvalue weighted by molar-refractivity contribution is -0.124. The van der Waals surface area contributed by atoms with Gasteiger partial charge in [-0.25, -0.2) is 0 Å². The van der Waals surface area contributed by atoms with Gasteiger partial charge in [-0.1, -0.05) is 12.8 Å². The van der Waals surface area contributed by atoms with Crippen molar-refractivity contribution in [1.82, 2.24) is 4.90 Å². The first-order valence-electron chi connectivity index (χ1n) is 7.08. The molecule has 0 amide bonds. The van der Waals surface area contributed by atoms with Crippen molar-refractivity contribution in [3.63, 3.8) is 0 Å². The zero-order valence-corrected chi connectivity index (χ0v) is 11.0. The number of likely N-dealkylation sites (N-methyl/N-ethyl adjacent to an activating group) is 1. The molecule has 98 valence electrons. The SMILES string of the molecule is CN(CC1CCCOC1)C1CCCCCC1=O. The monoisotopic (exact) mass is 239 g/mol. The predicted octanol–water partition coefficient (Wildman–Crippen LogP) is 2.25. The summed E-state index contributed by atoms with van der Waals surface area (Å²) in [4.78, 5) is 14.3. The molecule has 2 fully saturated rings. The van der Waals surface area contributed by atoms with Crippen LogP contribution in [0.5, 0.6) is 0 Å². The highest BCUT2D eigenvalue weighted by Crippen LogP contribution is 2.21. The number of rotatable bonds is 3. The van der Waals surface area contributed by atoms with E-state index in [4.69, 9.17) is 4.74 Å². The first kappa shape index (κ1) is 13.0. The summed E-state index contributed by atoms with van der Waals surface area (Å²) in [6.45, 7) is 2.82. The number of carbonyl (C=O) groups excluding carboxylic acids is 1. The Labute approximate surface area is 105 Å². The third-order valence-corrected chi connectivity index (χ3v) is 4.11. The highest BCUT2D eigenvalue weighted by Gasteiger charge is 2.26. The largest absolute Gasteiger partial charge is 0.381 e. The second kappa shape index (κ2) is 6.50. The Hall–Kier alpha value is -0.410. The van der Waals surface area contributed by atoms with Crippen molar-refractivity contribution >= 4 is 5.78 Å². The lowest BCUT2D eigenvalue weighted by Crippen LogP contribution is -2.42. The summed E-state index contributed by atoms with van der Waals surface area (Å²) >= 11 is 0. The molecule has 1 saturated heterocycles. The van der Waals surface area contributed by atoms with Gasteiger partial charge in [-0.2, -0.15) is 0 Å². The van der Waals surface area contributed by atoms with Gasteiger partial charge in [-0.3, -0.25) is 9.69 Å². The van der Waals surface area contributed by atoms with Crippen molar-refractivity contribution < 1.29 is 9.53 Å². The van der Waals surface area contributed by atoms with Crippen LogP contribution in [0.15, 0.2) is 0 Å². The highest BCUT2D eigenvalue weighted by molar-refractivity contribution is 5.84. The quantitative estimate of drug-likeness (QED) is 0.707. The number of nitrogens with zero attached hydrogens (tertiary/aromatic N) is 1. The summed E-state index contributed by atoms with van der Waals surface area (Å²) in [5.41, 5.74) is 0. The van der Waals surface area contributed by atoms with E-state index in [1.165, 1.54) is 25.7 Å². The molecule has 2 unspecified atom stereocenters. The van der Waals surface area contributed by atoms with Gasteiger partial charge in [0.15, 0.2) is 0 Å². The summed E-state index contributed by atoms with van der Waals surface area (Å²) in [7, 11) is 2.11. The van der Waals surface area contributed by atoms with Gasteiger partial charge < -0.3 is 4.74 Å². The average Bonchev–Trinajstić information content (AvgIpc) is 2.55. The van der Waals surface area contributed by atoms with Gasteiger partial charge in [0.25, 0.3) is 0 Å². The predicted molar refractivity (Wildman–Crippen MR) is 68.1 cm³/mol. The topological polar surface area (TPSA) is 29.5 Å². The van der Waals surface area contributed by atoms with E-state index >= 15 is 0 Å². The van der Waals surface area contributed by atoms with Crippen LogP contribution in [0.2, 0.25) is 0 Å². The highest BCUT2D eigenvalue weighted by atomic mass is 16.5. The minimum Gasteiger partial charge on any atom is -0.381 e. The third kappa shape index (κ3) is 3.78. The molecule has 0 N–H and O–H groups in total. The first-order chi connectivity index (χ1) is 8.27. The molecule has 0 aromatic rings. The summed E-state index contributed by atoms with van der Waals surface area (Å²) in [5, 5.41) is 0. The molecule has 17 heavy (non-hydrogen) atoms. The fourth-order valence-electron chi connectivity index (χ4n) is 3.09. The van der Waals surface area contributed by atoms with Gasteiger partial charge in [-0.05, 0) is 38.6 Å². The minimum absolute atomic E-state index is 0.180. The number of carbonyl (C=O) groups is 1. The normalized spacial score (nSPS) is 31.5. The maximum absolute atomic E-state index is 12.0. The van der Waals surface area contributed by atoms with E-state index in [0.717, 1.165) is 39.0 Å².